The van der Waals surface area contributed by atoms with Gasteiger partial charge in [0.1, 0.15) is 0 Å². The van der Waals surface area contributed by atoms with Gasteiger partial charge in [-0.25, -0.2) is 0 Å². The zero-order chi connectivity index (χ0) is 24.6. The summed E-state index contributed by atoms with van der Waals surface area (Å²) in [6.45, 7) is 8.27. The molecule has 0 saturated carbocycles. The van der Waals surface area contributed by atoms with E-state index in [1.165, 1.54) is 0 Å². The minimum atomic E-state index is -0.935. The zero-order valence-corrected chi connectivity index (χ0v) is 22.6. The smallest absolute Gasteiger partial charge is 0.303 e. The molecule has 0 aromatic rings. The third-order valence-corrected chi connectivity index (χ3v) is 10.8. The highest BCUT2D eigenvalue weighted by molar-refractivity contribution is 7.90. The van der Waals surface area contributed by atoms with E-state index < -0.39 is 27.6 Å². The molecule has 2 aliphatic heterocycles. The summed E-state index contributed by atoms with van der Waals surface area (Å²) < 4.78 is 25.7. The highest BCUT2D eigenvalue weighted by Gasteiger charge is 2.29. The maximum atomic E-state index is 12.9. The van der Waals surface area contributed by atoms with Crippen LogP contribution in [0, 0.1) is 10.8 Å². The Bertz CT molecular complexity index is 782. The molecule has 4 atom stereocenters. The van der Waals surface area contributed by atoms with Crippen LogP contribution in [0.5, 0.6) is 0 Å². The summed E-state index contributed by atoms with van der Waals surface area (Å²) in [4.78, 5) is 13.1. The third-order valence-electron chi connectivity index (χ3n) is 7.00. The van der Waals surface area contributed by atoms with Crippen molar-refractivity contribution in [2.24, 2.45) is 10.8 Å². The number of rotatable bonds is 15. The lowest BCUT2D eigenvalue weighted by atomic mass is 9.83. The van der Waals surface area contributed by atoms with Crippen molar-refractivity contribution in [1.82, 2.24) is 0 Å². The number of carboxylic acids is 1. The van der Waals surface area contributed by atoms with Crippen molar-refractivity contribution < 1.29 is 23.4 Å². The molecule has 0 radical (unpaired) electrons. The van der Waals surface area contributed by atoms with Crippen LogP contribution in [-0.4, -0.2) is 41.7 Å². The average Bonchev–Trinajstić information content (AvgIpc) is 3.24. The monoisotopic (exact) mass is 500 g/mol. The molecular weight excluding hydrogens is 456 g/mol. The summed E-state index contributed by atoms with van der Waals surface area (Å²) in [6.07, 6.45) is 14.2. The van der Waals surface area contributed by atoms with Crippen LogP contribution in [-0.2, 0) is 26.4 Å². The molecule has 0 bridgehead atoms. The quantitative estimate of drug-likeness (QED) is 0.295. The Hall–Kier alpha value is -0.790. The van der Waals surface area contributed by atoms with Gasteiger partial charge in [0.15, 0.2) is 0 Å². The molecule has 0 amide bonds. The normalized spacial score (nSPS) is 25.8. The van der Waals surface area contributed by atoms with Crippen molar-refractivity contribution in [1.29, 1.82) is 0 Å². The first-order valence-corrected chi connectivity index (χ1v) is 14.9. The molecule has 0 saturated heterocycles. The second-order valence-corrected chi connectivity index (χ2v) is 14.9. The molecule has 33 heavy (non-hydrogen) atoms. The topological polar surface area (TPSA) is 91.7 Å². The van der Waals surface area contributed by atoms with Crippen molar-refractivity contribution in [2.45, 2.75) is 115 Å². The Labute approximate surface area is 205 Å². The van der Waals surface area contributed by atoms with Crippen LogP contribution in [0.3, 0.4) is 0 Å². The lowest BCUT2D eigenvalue weighted by Gasteiger charge is -2.22. The summed E-state index contributed by atoms with van der Waals surface area (Å²) in [5.41, 5.74) is -0.293. The van der Waals surface area contributed by atoms with Gasteiger partial charge in [0.05, 0.1) is 28.0 Å². The molecule has 0 aromatic carbocycles. The molecule has 2 aliphatic rings. The van der Waals surface area contributed by atoms with Crippen LogP contribution in [0.2, 0.25) is 0 Å². The second-order valence-electron chi connectivity index (χ2n) is 11.3. The summed E-state index contributed by atoms with van der Waals surface area (Å²) in [5, 5.41) is 18.8. The molecule has 2 rings (SSSR count). The molecule has 0 aliphatic carbocycles. The summed E-state index contributed by atoms with van der Waals surface area (Å²) in [7, 11) is -1.84. The Morgan fingerprint density at radius 2 is 1.36 bits per heavy atom. The van der Waals surface area contributed by atoms with Crippen LogP contribution >= 0.6 is 0 Å². The van der Waals surface area contributed by atoms with E-state index in [0.717, 1.165) is 80.4 Å². The molecule has 0 spiro atoms. The first kappa shape index (κ1) is 28.4. The number of aliphatic carboxylic acids is 1. The number of aliphatic hydroxyl groups is 1. The van der Waals surface area contributed by atoms with E-state index in [2.05, 4.69) is 26.0 Å². The van der Waals surface area contributed by atoms with Gasteiger partial charge in [0.2, 0.25) is 0 Å². The maximum absolute atomic E-state index is 12.9. The Morgan fingerprint density at radius 3 is 1.88 bits per heavy atom. The largest absolute Gasteiger partial charge is 0.481 e. The third kappa shape index (κ3) is 9.41. The predicted octanol–water partition coefficient (Wildman–Crippen LogP) is 5.83. The molecular formula is C26H44O5S2. The van der Waals surface area contributed by atoms with Gasteiger partial charge in [-0.3, -0.25) is 13.2 Å². The fraction of sp³-hybridized carbons (Fsp3) is 0.808. The highest BCUT2D eigenvalue weighted by atomic mass is 32.2. The predicted molar refractivity (Wildman–Crippen MR) is 138 cm³/mol. The Balaban J connectivity index is 1.65. The van der Waals surface area contributed by atoms with Crippen LogP contribution in [0.15, 0.2) is 22.0 Å². The van der Waals surface area contributed by atoms with Crippen molar-refractivity contribution >= 4 is 27.6 Å². The van der Waals surface area contributed by atoms with Crippen molar-refractivity contribution in [3.8, 4) is 0 Å². The minimum absolute atomic E-state index is 0.0722. The van der Waals surface area contributed by atoms with Gasteiger partial charge in [0, 0.05) is 26.9 Å². The molecule has 2 N–H and O–H groups in total. The van der Waals surface area contributed by atoms with Gasteiger partial charge in [-0.05, 0) is 75.0 Å². The molecule has 5 nitrogen and oxygen atoms in total. The minimum Gasteiger partial charge on any atom is -0.481 e. The number of aliphatic hydroxyl groups excluding tert-OH is 1. The first-order chi connectivity index (χ1) is 15.4. The number of carboxylic acid groups (broad SMARTS) is 1. The summed E-state index contributed by atoms with van der Waals surface area (Å²) in [5.74, 6) is -0.760. The fourth-order valence-corrected chi connectivity index (χ4v) is 8.15. The van der Waals surface area contributed by atoms with Gasteiger partial charge >= 0.3 is 5.97 Å². The lowest BCUT2D eigenvalue weighted by molar-refractivity contribution is -0.139. The van der Waals surface area contributed by atoms with E-state index in [1.807, 2.05) is 13.8 Å². The average molecular weight is 501 g/mol. The van der Waals surface area contributed by atoms with Gasteiger partial charge in [-0.15, -0.1) is 0 Å². The van der Waals surface area contributed by atoms with E-state index >= 15 is 0 Å². The van der Waals surface area contributed by atoms with Crippen LogP contribution in [0.25, 0.3) is 0 Å². The molecule has 7 heteroatoms. The highest BCUT2D eigenvalue weighted by Crippen LogP contribution is 2.34. The van der Waals surface area contributed by atoms with Crippen molar-refractivity contribution in [3.05, 3.63) is 22.0 Å². The summed E-state index contributed by atoms with van der Waals surface area (Å²) in [6, 6.07) is 0. The van der Waals surface area contributed by atoms with E-state index in [0.29, 0.717) is 0 Å². The van der Waals surface area contributed by atoms with E-state index in [-0.39, 0.29) is 34.4 Å². The van der Waals surface area contributed by atoms with Crippen LogP contribution in [0.4, 0.5) is 0 Å². The van der Waals surface area contributed by atoms with Crippen molar-refractivity contribution in [2.75, 3.05) is 6.61 Å². The van der Waals surface area contributed by atoms with E-state index in [1.54, 1.807) is 0 Å². The molecule has 2 heterocycles. The number of hydrogen-bond acceptors (Lipinski definition) is 4. The first-order valence-electron chi connectivity index (χ1n) is 12.5. The number of carbonyl (C=O) groups is 1. The van der Waals surface area contributed by atoms with Gasteiger partial charge in [0.25, 0.3) is 0 Å². The van der Waals surface area contributed by atoms with E-state index in [4.69, 9.17) is 5.11 Å². The van der Waals surface area contributed by atoms with Crippen molar-refractivity contribution in [3.63, 3.8) is 0 Å². The van der Waals surface area contributed by atoms with Gasteiger partial charge in [-0.1, -0.05) is 46.3 Å². The zero-order valence-electron chi connectivity index (χ0n) is 20.9. The van der Waals surface area contributed by atoms with E-state index in [9.17, 15) is 18.3 Å². The molecule has 0 aromatic heterocycles. The van der Waals surface area contributed by atoms with Crippen LogP contribution in [0.1, 0.15) is 105 Å². The maximum Gasteiger partial charge on any atom is 0.303 e. The SMILES string of the molecule is CC(C)(CO)CCCC1=CCC(CCCC2=CCC(CCCC(C)(C)CC(=O)O)S2=O)S1=O. The summed E-state index contributed by atoms with van der Waals surface area (Å²) >= 11 is 0. The number of hydrogen-bond donors (Lipinski definition) is 2. The number of allylic oxidation sites excluding steroid dienone is 4. The molecule has 190 valence electrons. The fourth-order valence-electron chi connectivity index (χ4n) is 4.78. The van der Waals surface area contributed by atoms with Gasteiger partial charge < -0.3 is 10.2 Å². The second kappa shape index (κ2) is 12.8. The molecule has 4 unspecified atom stereocenters. The lowest BCUT2D eigenvalue weighted by Crippen LogP contribution is -2.18. The Kier molecular flexibility index (Phi) is 11.0. The van der Waals surface area contributed by atoms with Crippen LogP contribution < -0.4 is 0 Å². The van der Waals surface area contributed by atoms with Gasteiger partial charge in [-0.2, -0.15) is 0 Å². The standard InChI is InChI=1S/C26H44O5S2/c1-25(2,18-24(28)29)16-6-10-22-14-12-20(32(22)30)8-5-9-21-13-15-23(33(21)31)11-7-17-26(3,4)19-27/h12,15,21-22,27H,5-11,13-14,16-19H2,1-4H3,(H,28,29). The molecule has 0 fully saturated rings. The Morgan fingerprint density at radius 1 is 0.879 bits per heavy atom.